The molecule has 0 aliphatic carbocycles. The van der Waals surface area contributed by atoms with Gasteiger partial charge in [0.05, 0.1) is 0 Å². The summed E-state index contributed by atoms with van der Waals surface area (Å²) in [5.74, 6) is 0. The second-order valence-electron chi connectivity index (χ2n) is 6.42. The summed E-state index contributed by atoms with van der Waals surface area (Å²) in [7, 11) is 0. The van der Waals surface area contributed by atoms with Crippen molar-refractivity contribution in [1.82, 2.24) is 0 Å². The second-order valence-corrected chi connectivity index (χ2v) is 6.84. The predicted octanol–water partition coefficient (Wildman–Crippen LogP) is 7.57. The molecule has 0 spiro atoms. The van der Waals surface area contributed by atoms with Gasteiger partial charge in [0.15, 0.2) is 0 Å². The maximum atomic E-state index is 10.5. The van der Waals surface area contributed by atoms with Gasteiger partial charge in [-0.2, -0.15) is 0 Å². The number of rotatable bonds is 17. The van der Waals surface area contributed by atoms with Crippen molar-refractivity contribution in [2.45, 2.75) is 110 Å². The van der Waals surface area contributed by atoms with Crippen molar-refractivity contribution in [3.63, 3.8) is 0 Å². The maximum absolute atomic E-state index is 10.5. The minimum atomic E-state index is -0.266. The molecule has 22 heavy (non-hydrogen) atoms. The van der Waals surface area contributed by atoms with Gasteiger partial charge in [-0.3, -0.25) is 4.79 Å². The van der Waals surface area contributed by atoms with E-state index < -0.39 is 0 Å². The first-order valence-corrected chi connectivity index (χ1v) is 9.98. The molecule has 0 bridgehead atoms. The van der Waals surface area contributed by atoms with Gasteiger partial charge in [-0.25, -0.2) is 0 Å². The lowest BCUT2D eigenvalue weighted by atomic mass is 10.0. The Balaban J connectivity index is 3.02. The summed E-state index contributed by atoms with van der Waals surface area (Å²) < 4.78 is 0. The van der Waals surface area contributed by atoms with Crippen molar-refractivity contribution in [2.24, 2.45) is 0 Å². The van der Waals surface area contributed by atoms with Crippen molar-refractivity contribution in [3.05, 3.63) is 12.2 Å². The topological polar surface area (TPSA) is 17.1 Å². The van der Waals surface area contributed by atoms with E-state index in [4.69, 9.17) is 11.6 Å². The van der Waals surface area contributed by atoms with Crippen molar-refractivity contribution >= 4 is 16.8 Å². The monoisotopic (exact) mass is 328 g/mol. The zero-order valence-corrected chi connectivity index (χ0v) is 15.5. The van der Waals surface area contributed by atoms with Crippen LogP contribution in [0.2, 0.25) is 0 Å². The van der Waals surface area contributed by atoms with Crippen molar-refractivity contribution < 1.29 is 4.79 Å². The normalized spacial score (nSPS) is 11.4. The number of hydrogen-bond donors (Lipinski definition) is 0. The zero-order valence-electron chi connectivity index (χ0n) is 14.8. The van der Waals surface area contributed by atoms with Crippen molar-refractivity contribution in [3.8, 4) is 0 Å². The number of halogens is 1. The predicted molar refractivity (Wildman–Crippen MR) is 99.5 cm³/mol. The van der Waals surface area contributed by atoms with Crippen LogP contribution in [0, 0.1) is 0 Å². The molecule has 0 radical (unpaired) electrons. The Kier molecular flexibility index (Phi) is 18.5. The molecule has 0 unspecified atom stereocenters. The first-order valence-electron chi connectivity index (χ1n) is 9.60. The van der Waals surface area contributed by atoms with Gasteiger partial charge in [0.1, 0.15) is 0 Å². The van der Waals surface area contributed by atoms with Gasteiger partial charge in [-0.05, 0) is 24.4 Å². The molecule has 0 aromatic heterocycles. The van der Waals surface area contributed by atoms with Crippen LogP contribution in [0.25, 0.3) is 0 Å². The van der Waals surface area contributed by atoms with E-state index in [0.29, 0.717) is 6.42 Å². The van der Waals surface area contributed by atoms with E-state index in [-0.39, 0.29) is 5.24 Å². The molecular weight excluding hydrogens is 292 g/mol. The quantitative estimate of drug-likeness (QED) is 0.153. The third kappa shape index (κ3) is 19.7. The zero-order chi connectivity index (χ0) is 16.3. The van der Waals surface area contributed by atoms with Gasteiger partial charge in [0.2, 0.25) is 5.24 Å². The second kappa shape index (κ2) is 18.7. The molecule has 0 N–H and O–H groups in total. The van der Waals surface area contributed by atoms with Crippen molar-refractivity contribution in [2.75, 3.05) is 0 Å². The molecule has 0 aliphatic rings. The number of allylic oxidation sites excluding steroid dienone is 2. The van der Waals surface area contributed by atoms with Crippen LogP contribution in [-0.2, 0) is 4.79 Å². The SMILES string of the molecule is CCCCCCCCCCCCCCCC/C=C/CC(=O)Cl. The third-order valence-corrected chi connectivity index (χ3v) is 4.32. The maximum Gasteiger partial charge on any atom is 0.225 e. The number of carbonyl (C=O) groups excluding carboxylic acids is 1. The Labute approximate surface area is 143 Å². The summed E-state index contributed by atoms with van der Waals surface area (Å²) in [6.45, 7) is 2.28. The fourth-order valence-electron chi connectivity index (χ4n) is 2.75. The van der Waals surface area contributed by atoms with Crippen LogP contribution in [0.4, 0.5) is 0 Å². The first kappa shape index (κ1) is 21.7. The van der Waals surface area contributed by atoms with E-state index in [1.54, 1.807) is 0 Å². The summed E-state index contributed by atoms with van der Waals surface area (Å²) in [6.07, 6.45) is 25.0. The van der Waals surface area contributed by atoms with Crippen LogP contribution < -0.4 is 0 Å². The lowest BCUT2D eigenvalue weighted by Crippen LogP contribution is -1.83. The van der Waals surface area contributed by atoms with E-state index in [0.717, 1.165) is 6.42 Å². The summed E-state index contributed by atoms with van der Waals surface area (Å²) >= 11 is 5.26. The fourth-order valence-corrected chi connectivity index (χ4v) is 2.84. The third-order valence-electron chi connectivity index (χ3n) is 4.17. The highest BCUT2D eigenvalue weighted by Crippen LogP contribution is 2.13. The Hall–Kier alpha value is -0.300. The van der Waals surface area contributed by atoms with Gasteiger partial charge in [-0.15, -0.1) is 0 Å². The first-order chi connectivity index (χ1) is 10.8. The summed E-state index contributed by atoms with van der Waals surface area (Å²) in [6, 6.07) is 0. The van der Waals surface area contributed by atoms with Gasteiger partial charge >= 0.3 is 0 Å². The van der Waals surface area contributed by atoms with Crippen LogP contribution in [0.3, 0.4) is 0 Å². The van der Waals surface area contributed by atoms with Crippen LogP contribution in [-0.4, -0.2) is 5.24 Å². The highest BCUT2D eigenvalue weighted by atomic mass is 35.5. The lowest BCUT2D eigenvalue weighted by molar-refractivity contribution is -0.110. The van der Waals surface area contributed by atoms with E-state index in [2.05, 4.69) is 13.0 Å². The number of carbonyl (C=O) groups is 1. The molecule has 0 aromatic carbocycles. The van der Waals surface area contributed by atoms with Crippen LogP contribution in [0.5, 0.6) is 0 Å². The van der Waals surface area contributed by atoms with Gasteiger partial charge in [0.25, 0.3) is 0 Å². The van der Waals surface area contributed by atoms with E-state index in [9.17, 15) is 4.79 Å². The Morgan fingerprint density at radius 3 is 1.50 bits per heavy atom. The highest BCUT2D eigenvalue weighted by Gasteiger charge is 1.94. The molecule has 130 valence electrons. The molecule has 0 rings (SSSR count). The average Bonchev–Trinajstić information content (AvgIpc) is 2.50. The molecule has 0 atom stereocenters. The summed E-state index contributed by atoms with van der Waals surface area (Å²) in [5, 5.41) is -0.266. The van der Waals surface area contributed by atoms with Gasteiger partial charge < -0.3 is 0 Å². The lowest BCUT2D eigenvalue weighted by Gasteiger charge is -2.02. The number of unbranched alkanes of at least 4 members (excludes halogenated alkanes) is 14. The molecule has 0 fully saturated rings. The fraction of sp³-hybridized carbons (Fsp3) is 0.850. The minimum absolute atomic E-state index is 0.266. The molecule has 0 amide bonds. The molecular formula is C20H37ClO. The van der Waals surface area contributed by atoms with Crippen molar-refractivity contribution in [1.29, 1.82) is 0 Å². The average molecular weight is 329 g/mol. The van der Waals surface area contributed by atoms with Gasteiger partial charge in [0, 0.05) is 6.42 Å². The standard InChI is InChI=1S/C20H37ClO/c1-2-3-4-5-6-7-8-9-10-11-12-13-14-15-16-17-18-19-20(21)22/h17-18H,2-16,19H2,1H3/b18-17+. The Morgan fingerprint density at radius 2 is 1.09 bits per heavy atom. The number of hydrogen-bond acceptors (Lipinski definition) is 1. The minimum Gasteiger partial charge on any atom is -0.281 e. The summed E-state index contributed by atoms with van der Waals surface area (Å²) in [5.41, 5.74) is 0. The Bertz CT molecular complexity index is 260. The molecule has 1 nitrogen and oxygen atoms in total. The van der Waals surface area contributed by atoms with Crippen LogP contribution >= 0.6 is 11.6 Å². The highest BCUT2D eigenvalue weighted by molar-refractivity contribution is 6.63. The smallest absolute Gasteiger partial charge is 0.225 e. The summed E-state index contributed by atoms with van der Waals surface area (Å²) in [4.78, 5) is 10.5. The van der Waals surface area contributed by atoms with Crippen LogP contribution in [0.15, 0.2) is 12.2 Å². The molecule has 0 saturated heterocycles. The molecule has 0 aliphatic heterocycles. The molecule has 0 heterocycles. The van der Waals surface area contributed by atoms with E-state index >= 15 is 0 Å². The largest absolute Gasteiger partial charge is 0.281 e. The molecule has 2 heteroatoms. The Morgan fingerprint density at radius 1 is 0.682 bits per heavy atom. The van der Waals surface area contributed by atoms with E-state index in [1.807, 2.05) is 6.08 Å². The molecule has 0 aromatic rings. The van der Waals surface area contributed by atoms with Gasteiger partial charge in [-0.1, -0.05) is 103 Å². The van der Waals surface area contributed by atoms with E-state index in [1.165, 1.54) is 89.9 Å². The van der Waals surface area contributed by atoms with Crippen LogP contribution in [0.1, 0.15) is 110 Å². The molecule has 0 saturated carbocycles.